The fraction of sp³-hybridized carbons (Fsp3) is 0.500. The number of hydrogen-bond acceptors (Lipinski definition) is 6. The highest BCUT2D eigenvalue weighted by Crippen LogP contribution is 2.39. The number of nitrogens with two attached hydrogens (primary N) is 1. The SMILES string of the molecule is Cc1nc2c(c(-c3ccc(Cl)cc3Cl)c1CN)C(=O)N(CC(=O)N1CCC(N3CCOCC3)CC1)C2. The summed E-state index contributed by atoms with van der Waals surface area (Å²) in [6, 6.07) is 5.69. The predicted octanol–water partition coefficient (Wildman–Crippen LogP) is 3.10. The minimum absolute atomic E-state index is 0.0292. The minimum atomic E-state index is -0.218. The number of carbonyl (C=O) groups is 2. The highest BCUT2D eigenvalue weighted by Gasteiger charge is 2.36. The van der Waals surface area contributed by atoms with E-state index in [1.54, 1.807) is 23.1 Å². The standard InChI is InChI=1S/C26H31Cl2N5O3/c1-16-20(13-29)24(19-3-2-17(27)12-21(19)28)25-22(30-16)14-33(26(25)35)15-23(34)32-6-4-18(5-7-32)31-8-10-36-11-9-31/h2-3,12,18H,4-11,13-15,29H2,1H3. The van der Waals surface area contributed by atoms with E-state index >= 15 is 0 Å². The minimum Gasteiger partial charge on any atom is -0.379 e. The number of hydrogen-bond donors (Lipinski definition) is 1. The molecule has 8 nitrogen and oxygen atoms in total. The Balaban J connectivity index is 1.33. The van der Waals surface area contributed by atoms with Gasteiger partial charge in [0.1, 0.15) is 6.54 Å². The zero-order chi connectivity index (χ0) is 25.4. The molecule has 3 aliphatic rings. The second kappa shape index (κ2) is 10.6. The van der Waals surface area contributed by atoms with Crippen molar-refractivity contribution in [1.29, 1.82) is 0 Å². The topological polar surface area (TPSA) is 92.0 Å². The second-order valence-electron chi connectivity index (χ2n) is 9.62. The third-order valence-corrected chi connectivity index (χ3v) is 8.08. The monoisotopic (exact) mass is 531 g/mol. The summed E-state index contributed by atoms with van der Waals surface area (Å²) < 4.78 is 5.46. The molecule has 0 spiro atoms. The number of nitrogens with zero attached hydrogens (tertiary/aromatic N) is 4. The number of rotatable bonds is 5. The number of morpholine rings is 1. The van der Waals surface area contributed by atoms with Crippen LogP contribution in [0.15, 0.2) is 18.2 Å². The Morgan fingerprint density at radius 3 is 2.53 bits per heavy atom. The van der Waals surface area contributed by atoms with Crippen LogP contribution < -0.4 is 5.73 Å². The molecule has 0 atom stereocenters. The first-order valence-corrected chi connectivity index (χ1v) is 13.2. The number of aryl methyl sites for hydroxylation is 1. The maximum atomic E-state index is 13.6. The van der Waals surface area contributed by atoms with Gasteiger partial charge in [0.05, 0.1) is 31.0 Å². The number of amides is 2. The van der Waals surface area contributed by atoms with Crippen LogP contribution in [0, 0.1) is 6.92 Å². The second-order valence-corrected chi connectivity index (χ2v) is 10.5. The lowest BCUT2D eigenvalue weighted by molar-refractivity contribution is -0.133. The Kier molecular flexibility index (Phi) is 7.51. The molecular weight excluding hydrogens is 501 g/mol. The molecule has 2 fully saturated rings. The van der Waals surface area contributed by atoms with Gasteiger partial charge in [0.25, 0.3) is 5.91 Å². The van der Waals surface area contributed by atoms with E-state index in [9.17, 15) is 9.59 Å². The van der Waals surface area contributed by atoms with Crippen LogP contribution in [0.25, 0.3) is 11.1 Å². The summed E-state index contributed by atoms with van der Waals surface area (Å²) >= 11 is 12.7. The van der Waals surface area contributed by atoms with Gasteiger partial charge in [-0.2, -0.15) is 0 Å². The summed E-state index contributed by atoms with van der Waals surface area (Å²) in [5.41, 5.74) is 10.1. The zero-order valence-electron chi connectivity index (χ0n) is 20.4. The summed E-state index contributed by atoms with van der Waals surface area (Å²) in [6.45, 7) is 7.28. The molecule has 2 aromatic rings. The predicted molar refractivity (Wildman–Crippen MR) is 139 cm³/mol. The van der Waals surface area contributed by atoms with E-state index in [0.717, 1.165) is 50.4 Å². The van der Waals surface area contributed by atoms with Crippen molar-refractivity contribution in [3.8, 4) is 11.1 Å². The van der Waals surface area contributed by atoms with Crippen LogP contribution in [-0.2, 0) is 22.6 Å². The number of likely N-dealkylation sites (tertiary alicyclic amines) is 1. The maximum Gasteiger partial charge on any atom is 0.257 e. The largest absolute Gasteiger partial charge is 0.379 e. The van der Waals surface area contributed by atoms with Crippen molar-refractivity contribution in [2.24, 2.45) is 5.73 Å². The van der Waals surface area contributed by atoms with Crippen LogP contribution >= 0.6 is 23.2 Å². The third kappa shape index (κ3) is 4.85. The molecule has 4 heterocycles. The zero-order valence-corrected chi connectivity index (χ0v) is 21.9. The molecule has 0 saturated carbocycles. The van der Waals surface area contributed by atoms with Crippen molar-refractivity contribution in [3.63, 3.8) is 0 Å². The lowest BCUT2D eigenvalue weighted by atomic mass is 9.93. The average molecular weight is 532 g/mol. The van der Waals surface area contributed by atoms with E-state index in [4.69, 9.17) is 33.7 Å². The smallest absolute Gasteiger partial charge is 0.257 e. The van der Waals surface area contributed by atoms with E-state index in [1.165, 1.54) is 0 Å². The molecular formula is C26H31Cl2N5O3. The van der Waals surface area contributed by atoms with Crippen LogP contribution in [0.3, 0.4) is 0 Å². The summed E-state index contributed by atoms with van der Waals surface area (Å²) in [5, 5.41) is 0.951. The highest BCUT2D eigenvalue weighted by atomic mass is 35.5. The molecule has 2 N–H and O–H groups in total. The lowest BCUT2D eigenvalue weighted by Gasteiger charge is -2.40. The molecule has 1 aromatic heterocycles. The summed E-state index contributed by atoms with van der Waals surface area (Å²) in [5.74, 6) is -0.247. The van der Waals surface area contributed by atoms with Crippen LogP contribution in [0.4, 0.5) is 0 Å². The number of pyridine rings is 1. The first-order chi connectivity index (χ1) is 17.4. The van der Waals surface area contributed by atoms with Gasteiger partial charge in [-0.05, 0) is 37.5 Å². The van der Waals surface area contributed by atoms with Crippen molar-refractivity contribution in [2.75, 3.05) is 45.9 Å². The van der Waals surface area contributed by atoms with Crippen molar-refractivity contribution < 1.29 is 14.3 Å². The Morgan fingerprint density at radius 2 is 1.86 bits per heavy atom. The molecule has 0 bridgehead atoms. The van der Waals surface area contributed by atoms with Gasteiger partial charge in [-0.15, -0.1) is 0 Å². The van der Waals surface area contributed by atoms with E-state index in [-0.39, 0.29) is 31.4 Å². The van der Waals surface area contributed by atoms with Gasteiger partial charge in [-0.25, -0.2) is 0 Å². The van der Waals surface area contributed by atoms with Gasteiger partial charge < -0.3 is 20.3 Å². The van der Waals surface area contributed by atoms with Gasteiger partial charge >= 0.3 is 0 Å². The first kappa shape index (κ1) is 25.4. The molecule has 2 amide bonds. The van der Waals surface area contributed by atoms with Gasteiger partial charge in [0.2, 0.25) is 5.91 Å². The van der Waals surface area contributed by atoms with Crippen LogP contribution in [0.5, 0.6) is 0 Å². The molecule has 1 aromatic carbocycles. The molecule has 0 radical (unpaired) electrons. The van der Waals surface area contributed by atoms with Crippen LogP contribution in [-0.4, -0.2) is 83.5 Å². The van der Waals surface area contributed by atoms with E-state index in [0.29, 0.717) is 51.6 Å². The van der Waals surface area contributed by atoms with Crippen molar-refractivity contribution >= 4 is 35.0 Å². The Labute approximate surface area is 221 Å². The third-order valence-electron chi connectivity index (χ3n) is 7.53. The highest BCUT2D eigenvalue weighted by molar-refractivity contribution is 6.36. The number of aromatic nitrogens is 1. The summed E-state index contributed by atoms with van der Waals surface area (Å²) in [4.78, 5) is 37.4. The molecule has 10 heteroatoms. The quantitative estimate of drug-likeness (QED) is 0.637. The van der Waals surface area contributed by atoms with Crippen LogP contribution in [0.1, 0.15) is 40.2 Å². The number of carbonyl (C=O) groups excluding carboxylic acids is 2. The first-order valence-electron chi connectivity index (χ1n) is 12.4. The van der Waals surface area contributed by atoms with Gasteiger partial charge in [-0.1, -0.05) is 29.3 Å². The fourth-order valence-corrected chi connectivity index (χ4v) is 6.11. The Hall–Kier alpha value is -2.23. The maximum absolute atomic E-state index is 13.6. The molecule has 192 valence electrons. The van der Waals surface area contributed by atoms with E-state index in [2.05, 4.69) is 9.88 Å². The Morgan fingerprint density at radius 1 is 1.14 bits per heavy atom. The van der Waals surface area contributed by atoms with E-state index in [1.807, 2.05) is 11.8 Å². The van der Waals surface area contributed by atoms with E-state index < -0.39 is 0 Å². The van der Waals surface area contributed by atoms with Gasteiger partial charge in [0, 0.05) is 65.6 Å². The van der Waals surface area contributed by atoms with Gasteiger partial charge in [0.15, 0.2) is 0 Å². The molecule has 0 unspecified atom stereocenters. The molecule has 2 saturated heterocycles. The Bertz CT molecular complexity index is 1180. The van der Waals surface area contributed by atoms with Crippen molar-refractivity contribution in [3.05, 3.63) is 50.8 Å². The summed E-state index contributed by atoms with van der Waals surface area (Å²) in [7, 11) is 0. The van der Waals surface area contributed by atoms with Gasteiger partial charge in [-0.3, -0.25) is 19.5 Å². The van der Waals surface area contributed by atoms with Crippen molar-refractivity contribution in [2.45, 2.75) is 38.9 Å². The molecule has 0 aliphatic carbocycles. The van der Waals surface area contributed by atoms with Crippen molar-refractivity contribution in [1.82, 2.24) is 19.7 Å². The normalized spacial score (nSPS) is 19.2. The number of benzene rings is 1. The number of piperidine rings is 1. The molecule has 3 aliphatic heterocycles. The number of fused-ring (bicyclic) bond motifs is 1. The average Bonchev–Trinajstić information content (AvgIpc) is 3.18. The number of halogens is 2. The molecule has 5 rings (SSSR count). The lowest BCUT2D eigenvalue weighted by Crippen LogP contribution is -2.51. The summed E-state index contributed by atoms with van der Waals surface area (Å²) in [6.07, 6.45) is 1.89. The fourth-order valence-electron chi connectivity index (χ4n) is 5.61. The van der Waals surface area contributed by atoms with Crippen LogP contribution in [0.2, 0.25) is 10.0 Å². The molecule has 36 heavy (non-hydrogen) atoms. The number of ether oxygens (including phenoxy) is 1.